The summed E-state index contributed by atoms with van der Waals surface area (Å²) in [4.78, 5) is 4.50. The van der Waals surface area contributed by atoms with Crippen molar-refractivity contribution in [1.29, 1.82) is 0 Å². The first-order valence-corrected chi connectivity index (χ1v) is 9.25. The molecule has 3 N–H and O–H groups in total. The summed E-state index contributed by atoms with van der Waals surface area (Å²) in [5.74, 6) is 2.61. The Bertz CT molecular complexity index is 301. The van der Waals surface area contributed by atoms with Crippen LogP contribution in [0.5, 0.6) is 0 Å². The first-order valence-electron chi connectivity index (χ1n) is 8.10. The minimum absolute atomic E-state index is 0. The van der Waals surface area contributed by atoms with Gasteiger partial charge in [-0.05, 0) is 31.9 Å². The van der Waals surface area contributed by atoms with Crippen LogP contribution in [0.15, 0.2) is 4.99 Å². The van der Waals surface area contributed by atoms with Crippen molar-refractivity contribution in [1.82, 2.24) is 10.6 Å². The number of thioether (sulfide) groups is 1. The Morgan fingerprint density at radius 3 is 2.68 bits per heavy atom. The molecule has 0 aromatic heterocycles. The van der Waals surface area contributed by atoms with E-state index in [-0.39, 0.29) is 24.0 Å². The van der Waals surface area contributed by atoms with Crippen molar-refractivity contribution >= 4 is 41.7 Å². The van der Waals surface area contributed by atoms with E-state index in [1.807, 2.05) is 6.92 Å². The predicted octanol–water partition coefficient (Wildman–Crippen LogP) is 2.23. The molecule has 1 atom stereocenters. The lowest BCUT2D eigenvalue weighted by Gasteiger charge is -2.19. The van der Waals surface area contributed by atoms with E-state index in [1.54, 1.807) is 11.8 Å². The largest absolute Gasteiger partial charge is 0.387 e. The van der Waals surface area contributed by atoms with Crippen molar-refractivity contribution in [3.05, 3.63) is 0 Å². The van der Waals surface area contributed by atoms with Gasteiger partial charge in [-0.1, -0.05) is 13.3 Å². The highest BCUT2D eigenvalue weighted by atomic mass is 127. The molecule has 1 heterocycles. The summed E-state index contributed by atoms with van der Waals surface area (Å²) in [6.45, 7) is 7.99. The van der Waals surface area contributed by atoms with Crippen LogP contribution < -0.4 is 10.6 Å². The first kappa shape index (κ1) is 22.3. The minimum Gasteiger partial charge on any atom is -0.387 e. The molecule has 0 aromatic carbocycles. The highest BCUT2D eigenvalue weighted by Gasteiger charge is 2.31. The Hall–Kier alpha value is 0.270. The third-order valence-corrected chi connectivity index (χ3v) is 4.59. The minimum atomic E-state index is -0.615. The van der Waals surface area contributed by atoms with E-state index in [2.05, 4.69) is 22.5 Å². The van der Waals surface area contributed by atoms with Crippen LogP contribution in [-0.4, -0.2) is 61.0 Å². The molecule has 0 aromatic rings. The number of unbranched alkanes of at least 4 members (excludes halogenated alkanes) is 1. The molecule has 0 saturated carbocycles. The fourth-order valence-corrected chi connectivity index (χ4v) is 3.30. The van der Waals surface area contributed by atoms with Gasteiger partial charge in [0.05, 0.1) is 12.1 Å². The number of halogens is 1. The van der Waals surface area contributed by atoms with E-state index in [0.29, 0.717) is 6.54 Å². The number of aliphatic hydroxyl groups is 1. The van der Waals surface area contributed by atoms with Gasteiger partial charge < -0.3 is 20.5 Å². The molecule has 1 unspecified atom stereocenters. The van der Waals surface area contributed by atoms with Crippen LogP contribution >= 0.6 is 35.7 Å². The first-order chi connectivity index (χ1) is 10.2. The zero-order valence-electron chi connectivity index (χ0n) is 13.9. The lowest BCUT2D eigenvalue weighted by atomic mass is 10.1. The van der Waals surface area contributed by atoms with Gasteiger partial charge in [0.2, 0.25) is 0 Å². The van der Waals surface area contributed by atoms with Gasteiger partial charge in [0.25, 0.3) is 0 Å². The van der Waals surface area contributed by atoms with Gasteiger partial charge in [-0.3, -0.25) is 4.99 Å². The van der Waals surface area contributed by atoms with Crippen LogP contribution in [0.3, 0.4) is 0 Å². The zero-order valence-corrected chi connectivity index (χ0v) is 17.0. The standard InChI is InChI=1S/C15H31N3O2S.HI/c1-3-5-9-20-10-6-8-17-14(16-4-2)18-12-15(19)7-11-21-13-15;/h19H,3-13H2,1-2H3,(H2,16,17,18);1H. The second kappa shape index (κ2) is 13.7. The summed E-state index contributed by atoms with van der Waals surface area (Å²) < 4.78 is 5.53. The van der Waals surface area contributed by atoms with Crippen LogP contribution in [0.1, 0.15) is 39.5 Å². The van der Waals surface area contributed by atoms with Crippen molar-refractivity contribution < 1.29 is 9.84 Å². The van der Waals surface area contributed by atoms with E-state index >= 15 is 0 Å². The molecule has 5 nitrogen and oxygen atoms in total. The second-order valence-electron chi connectivity index (χ2n) is 5.47. The van der Waals surface area contributed by atoms with Gasteiger partial charge >= 0.3 is 0 Å². The van der Waals surface area contributed by atoms with Crippen LogP contribution in [0, 0.1) is 0 Å². The molecule has 22 heavy (non-hydrogen) atoms. The fourth-order valence-electron chi connectivity index (χ4n) is 2.02. The maximum Gasteiger partial charge on any atom is 0.191 e. The number of nitrogens with one attached hydrogen (secondary N) is 2. The molecule has 1 aliphatic rings. The number of hydrogen-bond acceptors (Lipinski definition) is 4. The van der Waals surface area contributed by atoms with E-state index in [0.717, 1.165) is 63.0 Å². The van der Waals surface area contributed by atoms with Gasteiger partial charge in [-0.15, -0.1) is 24.0 Å². The highest BCUT2D eigenvalue weighted by Crippen LogP contribution is 2.27. The molecule has 1 rings (SSSR count). The molecule has 1 aliphatic heterocycles. The Labute approximate surface area is 156 Å². The third-order valence-electron chi connectivity index (χ3n) is 3.36. The molecule has 1 saturated heterocycles. The number of hydrogen-bond donors (Lipinski definition) is 3. The molecule has 0 aliphatic carbocycles. The summed E-state index contributed by atoms with van der Waals surface area (Å²) in [5, 5.41) is 16.8. The summed E-state index contributed by atoms with van der Waals surface area (Å²) in [6, 6.07) is 0. The summed E-state index contributed by atoms with van der Waals surface area (Å²) >= 11 is 1.80. The van der Waals surface area contributed by atoms with E-state index < -0.39 is 5.60 Å². The molecule has 0 amide bonds. The molecule has 0 radical (unpaired) electrons. The smallest absolute Gasteiger partial charge is 0.191 e. The Kier molecular flexibility index (Phi) is 13.9. The topological polar surface area (TPSA) is 65.9 Å². The third kappa shape index (κ3) is 10.1. The molecule has 0 bridgehead atoms. The van der Waals surface area contributed by atoms with Crippen LogP contribution in [0.25, 0.3) is 0 Å². The van der Waals surface area contributed by atoms with Crippen molar-refractivity contribution in [2.75, 3.05) is 44.4 Å². The van der Waals surface area contributed by atoms with Crippen molar-refractivity contribution in [3.63, 3.8) is 0 Å². The average Bonchev–Trinajstić information content (AvgIpc) is 2.91. The SMILES string of the molecule is CCCCOCCCNC(=NCC1(O)CCSC1)NCC.I. The Morgan fingerprint density at radius 1 is 1.27 bits per heavy atom. The summed E-state index contributed by atoms with van der Waals surface area (Å²) in [7, 11) is 0. The van der Waals surface area contributed by atoms with E-state index in [9.17, 15) is 5.11 Å². The van der Waals surface area contributed by atoms with Gasteiger partial charge in [-0.25, -0.2) is 0 Å². The van der Waals surface area contributed by atoms with Gasteiger partial charge in [-0.2, -0.15) is 11.8 Å². The van der Waals surface area contributed by atoms with Gasteiger partial charge in [0.1, 0.15) is 0 Å². The lowest BCUT2D eigenvalue weighted by Crippen LogP contribution is -2.40. The van der Waals surface area contributed by atoms with E-state index in [4.69, 9.17) is 4.74 Å². The lowest BCUT2D eigenvalue weighted by molar-refractivity contribution is 0.0778. The molecular formula is C15H32IN3O2S. The zero-order chi connectivity index (χ0) is 15.4. The van der Waals surface area contributed by atoms with Crippen LogP contribution in [-0.2, 0) is 4.74 Å². The number of rotatable bonds is 10. The molecular weight excluding hydrogens is 413 g/mol. The van der Waals surface area contributed by atoms with Crippen molar-refractivity contribution in [2.45, 2.75) is 45.1 Å². The molecule has 7 heteroatoms. The van der Waals surface area contributed by atoms with Crippen molar-refractivity contribution in [2.24, 2.45) is 4.99 Å². The van der Waals surface area contributed by atoms with Gasteiger partial charge in [0, 0.05) is 32.1 Å². The van der Waals surface area contributed by atoms with E-state index in [1.165, 1.54) is 6.42 Å². The number of nitrogens with zero attached hydrogens (tertiary/aromatic N) is 1. The normalized spacial score (nSPS) is 21.5. The number of guanidine groups is 1. The van der Waals surface area contributed by atoms with Gasteiger partial charge in [0.15, 0.2) is 5.96 Å². The Morgan fingerprint density at radius 2 is 2.05 bits per heavy atom. The molecule has 0 spiro atoms. The maximum absolute atomic E-state index is 10.3. The Balaban J connectivity index is 0.00000441. The monoisotopic (exact) mass is 445 g/mol. The second-order valence-corrected chi connectivity index (χ2v) is 6.57. The summed E-state index contributed by atoms with van der Waals surface area (Å²) in [6.07, 6.45) is 4.12. The highest BCUT2D eigenvalue weighted by molar-refractivity contribution is 14.0. The van der Waals surface area contributed by atoms with Crippen LogP contribution in [0.4, 0.5) is 0 Å². The quantitative estimate of drug-likeness (QED) is 0.208. The van der Waals surface area contributed by atoms with Crippen molar-refractivity contribution in [3.8, 4) is 0 Å². The fraction of sp³-hybridized carbons (Fsp3) is 0.933. The predicted molar refractivity (Wildman–Crippen MR) is 107 cm³/mol. The molecule has 1 fully saturated rings. The van der Waals surface area contributed by atoms with Crippen LogP contribution in [0.2, 0.25) is 0 Å². The average molecular weight is 445 g/mol. The maximum atomic E-state index is 10.3. The number of aliphatic imine (C=N–C) groups is 1. The molecule has 132 valence electrons. The number of ether oxygens (including phenoxy) is 1. The summed E-state index contributed by atoms with van der Waals surface area (Å²) in [5.41, 5.74) is -0.615.